The SMILES string of the molecule is O=C(CNC(=O)c1ccc(F)c(F)c1)NCc1ccccn1. The van der Waals surface area contributed by atoms with E-state index in [0.29, 0.717) is 5.69 Å². The normalized spacial score (nSPS) is 10.1. The molecule has 0 atom stereocenters. The van der Waals surface area contributed by atoms with Gasteiger partial charge in [-0.1, -0.05) is 6.07 Å². The van der Waals surface area contributed by atoms with E-state index in [0.717, 1.165) is 18.2 Å². The summed E-state index contributed by atoms with van der Waals surface area (Å²) in [4.78, 5) is 27.3. The second-order valence-electron chi connectivity index (χ2n) is 4.41. The molecule has 0 aliphatic carbocycles. The van der Waals surface area contributed by atoms with E-state index in [1.54, 1.807) is 24.4 Å². The summed E-state index contributed by atoms with van der Waals surface area (Å²) in [6.07, 6.45) is 1.60. The molecule has 2 N–H and O–H groups in total. The number of amides is 2. The van der Waals surface area contributed by atoms with Gasteiger partial charge >= 0.3 is 0 Å². The first-order valence-corrected chi connectivity index (χ1v) is 6.46. The Morgan fingerprint density at radius 1 is 1.05 bits per heavy atom. The van der Waals surface area contributed by atoms with Crippen molar-refractivity contribution in [3.05, 3.63) is 65.5 Å². The standard InChI is InChI=1S/C15H13F2N3O2/c16-12-5-4-10(7-13(12)17)15(22)20-9-14(21)19-8-11-3-1-2-6-18-11/h1-7H,8-9H2,(H,19,21)(H,20,22). The third-order valence-electron chi connectivity index (χ3n) is 2.78. The number of nitrogens with one attached hydrogen (secondary N) is 2. The summed E-state index contributed by atoms with van der Waals surface area (Å²) in [6.45, 7) is -0.0363. The number of hydrogen-bond donors (Lipinski definition) is 2. The van der Waals surface area contributed by atoms with E-state index in [9.17, 15) is 18.4 Å². The van der Waals surface area contributed by atoms with Crippen molar-refractivity contribution in [2.45, 2.75) is 6.54 Å². The number of pyridine rings is 1. The van der Waals surface area contributed by atoms with Crippen molar-refractivity contribution in [1.82, 2.24) is 15.6 Å². The molecule has 2 aromatic rings. The highest BCUT2D eigenvalue weighted by Gasteiger charge is 2.11. The molecule has 114 valence electrons. The van der Waals surface area contributed by atoms with Crippen LogP contribution in [0.2, 0.25) is 0 Å². The first kappa shape index (κ1) is 15.6. The molecule has 1 aromatic heterocycles. The van der Waals surface area contributed by atoms with Gasteiger partial charge in [0.1, 0.15) is 0 Å². The average molecular weight is 305 g/mol. The molecule has 2 rings (SSSR count). The van der Waals surface area contributed by atoms with Crippen molar-refractivity contribution < 1.29 is 18.4 Å². The quantitative estimate of drug-likeness (QED) is 0.877. The minimum Gasteiger partial charge on any atom is -0.349 e. The second-order valence-corrected chi connectivity index (χ2v) is 4.41. The van der Waals surface area contributed by atoms with Crippen LogP contribution < -0.4 is 10.6 Å². The Morgan fingerprint density at radius 2 is 1.86 bits per heavy atom. The van der Waals surface area contributed by atoms with Gasteiger partial charge in [-0.3, -0.25) is 14.6 Å². The van der Waals surface area contributed by atoms with Crippen LogP contribution in [0.25, 0.3) is 0 Å². The van der Waals surface area contributed by atoms with Gasteiger partial charge in [0.2, 0.25) is 5.91 Å². The molecule has 5 nitrogen and oxygen atoms in total. The number of aromatic nitrogens is 1. The zero-order chi connectivity index (χ0) is 15.9. The topological polar surface area (TPSA) is 71.1 Å². The molecule has 22 heavy (non-hydrogen) atoms. The largest absolute Gasteiger partial charge is 0.349 e. The average Bonchev–Trinajstić information content (AvgIpc) is 2.54. The molecule has 0 aliphatic rings. The fourth-order valence-corrected chi connectivity index (χ4v) is 1.65. The van der Waals surface area contributed by atoms with E-state index in [2.05, 4.69) is 15.6 Å². The number of rotatable bonds is 5. The van der Waals surface area contributed by atoms with E-state index in [-0.39, 0.29) is 18.7 Å². The van der Waals surface area contributed by atoms with E-state index >= 15 is 0 Å². The highest BCUT2D eigenvalue weighted by molar-refractivity contribution is 5.96. The Bertz CT molecular complexity index is 678. The number of halogens is 2. The molecule has 1 aromatic carbocycles. The van der Waals surface area contributed by atoms with E-state index in [1.165, 1.54) is 0 Å². The predicted molar refractivity (Wildman–Crippen MR) is 74.8 cm³/mol. The lowest BCUT2D eigenvalue weighted by atomic mass is 10.2. The molecule has 1 heterocycles. The van der Waals surface area contributed by atoms with E-state index < -0.39 is 23.4 Å². The molecular weight excluding hydrogens is 292 g/mol. The predicted octanol–water partition coefficient (Wildman–Crippen LogP) is 1.41. The minimum absolute atomic E-state index is 0.0589. The number of nitrogens with zero attached hydrogens (tertiary/aromatic N) is 1. The molecule has 0 unspecified atom stereocenters. The van der Waals surface area contributed by atoms with Gasteiger partial charge in [-0.05, 0) is 30.3 Å². The third-order valence-corrected chi connectivity index (χ3v) is 2.78. The van der Waals surface area contributed by atoms with Crippen molar-refractivity contribution in [2.24, 2.45) is 0 Å². The highest BCUT2D eigenvalue weighted by atomic mass is 19.2. The van der Waals surface area contributed by atoms with Gasteiger partial charge in [0.15, 0.2) is 11.6 Å². The van der Waals surface area contributed by atoms with Gasteiger partial charge in [0, 0.05) is 11.8 Å². The minimum atomic E-state index is -1.12. The van der Waals surface area contributed by atoms with Gasteiger partial charge in [0.05, 0.1) is 18.8 Å². The summed E-state index contributed by atoms with van der Waals surface area (Å²) >= 11 is 0. The fraction of sp³-hybridized carbons (Fsp3) is 0.133. The number of carbonyl (C=O) groups excluding carboxylic acids is 2. The summed E-state index contributed by atoms with van der Waals surface area (Å²) in [6, 6.07) is 8.06. The van der Waals surface area contributed by atoms with Gasteiger partial charge in [-0.25, -0.2) is 8.78 Å². The van der Waals surface area contributed by atoms with Gasteiger partial charge in [-0.2, -0.15) is 0 Å². The summed E-state index contributed by atoms with van der Waals surface area (Å²) < 4.78 is 25.8. The molecule has 0 fully saturated rings. The molecule has 0 radical (unpaired) electrons. The van der Waals surface area contributed by atoms with Crippen LogP contribution in [0, 0.1) is 11.6 Å². The van der Waals surface area contributed by atoms with E-state index in [4.69, 9.17) is 0 Å². The van der Waals surface area contributed by atoms with Gasteiger partial charge < -0.3 is 10.6 Å². The van der Waals surface area contributed by atoms with Crippen LogP contribution in [-0.4, -0.2) is 23.3 Å². The number of benzene rings is 1. The lowest BCUT2D eigenvalue weighted by Crippen LogP contribution is -2.36. The van der Waals surface area contributed by atoms with Crippen LogP contribution >= 0.6 is 0 Å². The monoisotopic (exact) mass is 305 g/mol. The van der Waals surface area contributed by atoms with Crippen molar-refractivity contribution in [3.8, 4) is 0 Å². The van der Waals surface area contributed by atoms with Crippen molar-refractivity contribution in [2.75, 3.05) is 6.54 Å². The maximum Gasteiger partial charge on any atom is 0.251 e. The zero-order valence-electron chi connectivity index (χ0n) is 11.5. The maximum atomic E-state index is 13.0. The molecule has 0 bridgehead atoms. The Labute approximate surface area is 125 Å². The van der Waals surface area contributed by atoms with Crippen LogP contribution in [0.3, 0.4) is 0 Å². The van der Waals surface area contributed by atoms with E-state index in [1.807, 2.05) is 0 Å². The van der Waals surface area contributed by atoms with Crippen LogP contribution in [-0.2, 0) is 11.3 Å². The molecule has 0 spiro atoms. The first-order valence-electron chi connectivity index (χ1n) is 6.46. The van der Waals surface area contributed by atoms with Crippen LogP contribution in [0.1, 0.15) is 16.1 Å². The summed E-state index contributed by atoms with van der Waals surface area (Å²) in [5.41, 5.74) is 0.624. The maximum absolute atomic E-state index is 13.0. The second kappa shape index (κ2) is 7.26. The molecule has 7 heteroatoms. The Hall–Kier alpha value is -2.83. The number of carbonyl (C=O) groups is 2. The zero-order valence-corrected chi connectivity index (χ0v) is 11.5. The Morgan fingerprint density at radius 3 is 2.55 bits per heavy atom. The molecular formula is C15H13F2N3O2. The summed E-state index contributed by atoms with van der Waals surface area (Å²) in [5, 5.41) is 4.90. The molecule has 2 amide bonds. The highest BCUT2D eigenvalue weighted by Crippen LogP contribution is 2.08. The Balaban J connectivity index is 1.80. The molecule has 0 aliphatic heterocycles. The smallest absolute Gasteiger partial charge is 0.251 e. The first-order chi connectivity index (χ1) is 10.6. The summed E-state index contributed by atoms with van der Waals surface area (Å²) in [7, 11) is 0. The fourth-order valence-electron chi connectivity index (χ4n) is 1.65. The third kappa shape index (κ3) is 4.34. The lowest BCUT2D eigenvalue weighted by Gasteiger charge is -2.07. The Kier molecular flexibility index (Phi) is 5.13. The van der Waals surface area contributed by atoms with Gasteiger partial charge in [0.25, 0.3) is 5.91 Å². The number of hydrogen-bond acceptors (Lipinski definition) is 3. The van der Waals surface area contributed by atoms with Crippen molar-refractivity contribution in [1.29, 1.82) is 0 Å². The van der Waals surface area contributed by atoms with Crippen LogP contribution in [0.5, 0.6) is 0 Å². The van der Waals surface area contributed by atoms with Crippen molar-refractivity contribution in [3.63, 3.8) is 0 Å². The van der Waals surface area contributed by atoms with Gasteiger partial charge in [-0.15, -0.1) is 0 Å². The summed E-state index contributed by atoms with van der Waals surface area (Å²) in [5.74, 6) is -3.23. The molecule has 0 saturated heterocycles. The van der Waals surface area contributed by atoms with Crippen LogP contribution in [0.15, 0.2) is 42.6 Å². The van der Waals surface area contributed by atoms with Crippen LogP contribution in [0.4, 0.5) is 8.78 Å². The molecule has 0 saturated carbocycles. The van der Waals surface area contributed by atoms with Crippen molar-refractivity contribution >= 4 is 11.8 Å². The lowest BCUT2D eigenvalue weighted by molar-refractivity contribution is -0.120.